The van der Waals surface area contributed by atoms with Crippen molar-refractivity contribution in [3.05, 3.63) is 45.9 Å². The zero-order chi connectivity index (χ0) is 13.7. The molecule has 104 valence electrons. The van der Waals surface area contributed by atoms with Crippen molar-refractivity contribution in [2.45, 2.75) is 52.7 Å². The molecule has 0 aliphatic carbocycles. The van der Waals surface area contributed by atoms with Gasteiger partial charge < -0.3 is 9.88 Å². The summed E-state index contributed by atoms with van der Waals surface area (Å²) in [5.74, 6) is 0. The Bertz CT molecular complexity index is 498. The molecule has 0 aromatic carbocycles. The lowest BCUT2D eigenvalue weighted by Gasteiger charge is -2.14. The number of hydrogen-bond acceptors (Lipinski definition) is 2. The molecule has 0 aliphatic rings. The standard InChI is InChI=1S/C16H24N2S/c1-4-9-18-10-5-6-15(18)12-17-13(2)11-16-8-7-14(3)19-16/h5-8,10,13,17H,4,9,11-12H2,1-3H3. The summed E-state index contributed by atoms with van der Waals surface area (Å²) < 4.78 is 2.34. The van der Waals surface area contributed by atoms with Gasteiger partial charge in [0.2, 0.25) is 0 Å². The van der Waals surface area contributed by atoms with Gasteiger partial charge in [0.05, 0.1) is 0 Å². The van der Waals surface area contributed by atoms with Crippen LogP contribution in [0.2, 0.25) is 0 Å². The van der Waals surface area contributed by atoms with Crippen LogP contribution in [0.25, 0.3) is 0 Å². The first-order valence-electron chi connectivity index (χ1n) is 7.11. The first kappa shape index (κ1) is 14.4. The molecular formula is C16H24N2S. The SMILES string of the molecule is CCCn1cccc1CNC(C)Cc1ccc(C)s1. The second-order valence-electron chi connectivity index (χ2n) is 5.19. The molecule has 0 saturated carbocycles. The summed E-state index contributed by atoms with van der Waals surface area (Å²) in [6.45, 7) is 8.73. The van der Waals surface area contributed by atoms with Gasteiger partial charge in [0.25, 0.3) is 0 Å². The van der Waals surface area contributed by atoms with Crippen molar-refractivity contribution in [1.29, 1.82) is 0 Å². The molecule has 1 N–H and O–H groups in total. The third-order valence-electron chi connectivity index (χ3n) is 3.32. The third-order valence-corrected chi connectivity index (χ3v) is 4.35. The quantitative estimate of drug-likeness (QED) is 0.809. The molecule has 0 amide bonds. The lowest BCUT2D eigenvalue weighted by atomic mass is 10.2. The van der Waals surface area contributed by atoms with Crippen LogP contribution in [0.4, 0.5) is 0 Å². The van der Waals surface area contributed by atoms with Crippen LogP contribution in [0.1, 0.15) is 35.7 Å². The highest BCUT2D eigenvalue weighted by molar-refractivity contribution is 7.11. The molecule has 2 rings (SSSR count). The summed E-state index contributed by atoms with van der Waals surface area (Å²) in [4.78, 5) is 2.88. The van der Waals surface area contributed by atoms with E-state index in [1.807, 2.05) is 11.3 Å². The van der Waals surface area contributed by atoms with Gasteiger partial charge >= 0.3 is 0 Å². The minimum absolute atomic E-state index is 0.517. The molecule has 2 nitrogen and oxygen atoms in total. The van der Waals surface area contributed by atoms with E-state index in [1.165, 1.54) is 21.9 Å². The molecule has 2 aromatic heterocycles. The van der Waals surface area contributed by atoms with Gasteiger partial charge in [0.15, 0.2) is 0 Å². The van der Waals surface area contributed by atoms with Crippen molar-refractivity contribution in [1.82, 2.24) is 9.88 Å². The number of nitrogens with one attached hydrogen (secondary N) is 1. The third kappa shape index (κ3) is 4.22. The molecule has 2 heterocycles. The Morgan fingerprint density at radius 3 is 2.84 bits per heavy atom. The van der Waals surface area contributed by atoms with Crippen LogP contribution in [-0.4, -0.2) is 10.6 Å². The first-order valence-corrected chi connectivity index (χ1v) is 7.93. The van der Waals surface area contributed by atoms with E-state index in [-0.39, 0.29) is 0 Å². The molecule has 1 atom stereocenters. The van der Waals surface area contributed by atoms with E-state index in [0.29, 0.717) is 6.04 Å². The zero-order valence-corrected chi connectivity index (χ0v) is 13.0. The Hall–Kier alpha value is -1.06. The molecule has 0 fully saturated rings. The fourth-order valence-corrected chi connectivity index (χ4v) is 3.34. The number of rotatable bonds is 7. The Morgan fingerprint density at radius 1 is 1.32 bits per heavy atom. The number of aromatic nitrogens is 1. The van der Waals surface area contributed by atoms with Crippen molar-refractivity contribution in [3.8, 4) is 0 Å². The summed E-state index contributed by atoms with van der Waals surface area (Å²) in [5, 5.41) is 3.63. The van der Waals surface area contributed by atoms with Crippen molar-refractivity contribution < 1.29 is 0 Å². The maximum absolute atomic E-state index is 3.63. The van der Waals surface area contributed by atoms with Gasteiger partial charge in [-0.3, -0.25) is 0 Å². The van der Waals surface area contributed by atoms with E-state index in [4.69, 9.17) is 0 Å². The second-order valence-corrected chi connectivity index (χ2v) is 6.56. The second kappa shape index (κ2) is 6.92. The topological polar surface area (TPSA) is 17.0 Å². The highest BCUT2D eigenvalue weighted by Gasteiger charge is 2.06. The lowest BCUT2D eigenvalue weighted by molar-refractivity contribution is 0.524. The van der Waals surface area contributed by atoms with Crippen LogP contribution in [-0.2, 0) is 19.5 Å². The minimum Gasteiger partial charge on any atom is -0.350 e. The molecule has 0 spiro atoms. The van der Waals surface area contributed by atoms with Crippen LogP contribution in [0.15, 0.2) is 30.5 Å². The van der Waals surface area contributed by atoms with E-state index in [1.54, 1.807) is 0 Å². The summed E-state index contributed by atoms with van der Waals surface area (Å²) in [5.41, 5.74) is 1.39. The predicted octanol–water partition coefficient (Wildman–Crippen LogP) is 3.99. The van der Waals surface area contributed by atoms with Crippen LogP contribution in [0.5, 0.6) is 0 Å². The molecular weight excluding hydrogens is 252 g/mol. The molecule has 2 aromatic rings. The molecule has 1 unspecified atom stereocenters. The van der Waals surface area contributed by atoms with Gasteiger partial charge in [-0.05, 0) is 51.0 Å². The molecule has 3 heteroatoms. The number of aryl methyl sites for hydroxylation is 2. The Labute approximate surface area is 120 Å². The Balaban J connectivity index is 1.82. The Kier molecular flexibility index (Phi) is 5.23. The number of nitrogens with zero attached hydrogens (tertiary/aromatic N) is 1. The monoisotopic (exact) mass is 276 g/mol. The largest absolute Gasteiger partial charge is 0.350 e. The summed E-state index contributed by atoms with van der Waals surface area (Å²) in [6.07, 6.45) is 4.48. The lowest BCUT2D eigenvalue weighted by Crippen LogP contribution is -2.28. The van der Waals surface area contributed by atoms with Crippen molar-refractivity contribution >= 4 is 11.3 Å². The number of thiophene rings is 1. The van der Waals surface area contributed by atoms with E-state index < -0.39 is 0 Å². The Morgan fingerprint density at radius 2 is 2.16 bits per heavy atom. The van der Waals surface area contributed by atoms with Gasteiger partial charge in [-0.15, -0.1) is 11.3 Å². The fraction of sp³-hybridized carbons (Fsp3) is 0.500. The van der Waals surface area contributed by atoms with Gasteiger partial charge in [-0.25, -0.2) is 0 Å². The highest BCUT2D eigenvalue weighted by Crippen LogP contribution is 2.16. The molecule has 19 heavy (non-hydrogen) atoms. The summed E-state index contributed by atoms with van der Waals surface area (Å²) in [7, 11) is 0. The van der Waals surface area contributed by atoms with Crippen molar-refractivity contribution in [2.75, 3.05) is 0 Å². The van der Waals surface area contributed by atoms with E-state index in [2.05, 4.69) is 61.1 Å². The van der Waals surface area contributed by atoms with Crippen molar-refractivity contribution in [2.24, 2.45) is 0 Å². The van der Waals surface area contributed by atoms with E-state index in [9.17, 15) is 0 Å². The average molecular weight is 276 g/mol. The summed E-state index contributed by atoms with van der Waals surface area (Å²) in [6, 6.07) is 9.32. The van der Waals surface area contributed by atoms with Gasteiger partial charge in [-0.2, -0.15) is 0 Å². The smallest absolute Gasteiger partial charge is 0.0361 e. The van der Waals surface area contributed by atoms with E-state index in [0.717, 1.165) is 19.5 Å². The molecule has 0 radical (unpaired) electrons. The van der Waals surface area contributed by atoms with Crippen LogP contribution >= 0.6 is 11.3 Å². The van der Waals surface area contributed by atoms with Gasteiger partial charge in [0.1, 0.15) is 0 Å². The predicted molar refractivity (Wildman–Crippen MR) is 83.8 cm³/mol. The van der Waals surface area contributed by atoms with Crippen LogP contribution in [0, 0.1) is 6.92 Å². The highest BCUT2D eigenvalue weighted by atomic mass is 32.1. The van der Waals surface area contributed by atoms with E-state index >= 15 is 0 Å². The first-order chi connectivity index (χ1) is 9.19. The molecule has 0 saturated heterocycles. The molecule has 0 bridgehead atoms. The van der Waals surface area contributed by atoms with Crippen molar-refractivity contribution in [3.63, 3.8) is 0 Å². The average Bonchev–Trinajstić information content (AvgIpc) is 2.97. The van der Waals surface area contributed by atoms with Gasteiger partial charge in [-0.1, -0.05) is 6.92 Å². The molecule has 0 aliphatic heterocycles. The normalized spacial score (nSPS) is 12.8. The minimum atomic E-state index is 0.517. The zero-order valence-electron chi connectivity index (χ0n) is 12.1. The maximum Gasteiger partial charge on any atom is 0.0361 e. The van der Waals surface area contributed by atoms with Gasteiger partial charge in [0, 0.05) is 40.8 Å². The van der Waals surface area contributed by atoms with Crippen LogP contribution < -0.4 is 5.32 Å². The maximum atomic E-state index is 3.63. The fourth-order valence-electron chi connectivity index (χ4n) is 2.32. The van der Waals surface area contributed by atoms with Crippen LogP contribution in [0.3, 0.4) is 0 Å². The number of hydrogen-bond donors (Lipinski definition) is 1. The summed E-state index contributed by atoms with van der Waals surface area (Å²) >= 11 is 1.91.